The second-order valence-electron chi connectivity index (χ2n) is 4.35. The lowest BCUT2D eigenvalue weighted by Crippen LogP contribution is -2.31. The van der Waals surface area contributed by atoms with Crippen LogP contribution in [0.1, 0.15) is 15.9 Å². The van der Waals surface area contributed by atoms with Crippen molar-refractivity contribution in [2.45, 2.75) is 6.54 Å². The van der Waals surface area contributed by atoms with Crippen LogP contribution in [0.2, 0.25) is 0 Å². The average molecular weight is 308 g/mol. The molecule has 5 nitrogen and oxygen atoms in total. The Bertz CT molecular complexity index is 672. The van der Waals surface area contributed by atoms with Gasteiger partial charge in [0.25, 0.3) is 0 Å². The fourth-order valence-corrected chi connectivity index (χ4v) is 2.49. The van der Waals surface area contributed by atoms with E-state index in [2.05, 4.69) is 5.32 Å². The molecule has 0 spiro atoms. The number of carboxylic acid groups (broad SMARTS) is 1. The Morgan fingerprint density at radius 3 is 2.71 bits per heavy atom. The molecule has 0 aliphatic rings. The summed E-state index contributed by atoms with van der Waals surface area (Å²) >= 11 is 1.12. The Labute approximate surface area is 124 Å². The van der Waals surface area contributed by atoms with Crippen LogP contribution in [0.5, 0.6) is 0 Å². The molecule has 0 fully saturated rings. The van der Waals surface area contributed by atoms with Crippen LogP contribution in [0.3, 0.4) is 0 Å². The molecule has 0 aliphatic carbocycles. The molecule has 21 heavy (non-hydrogen) atoms. The van der Waals surface area contributed by atoms with Gasteiger partial charge >= 0.3 is 12.0 Å². The Hall–Kier alpha value is -2.41. The highest BCUT2D eigenvalue weighted by molar-refractivity contribution is 7.14. The molecule has 0 saturated carbocycles. The minimum atomic E-state index is -1.11. The third-order valence-electron chi connectivity index (χ3n) is 2.83. The van der Waals surface area contributed by atoms with E-state index in [1.807, 2.05) is 0 Å². The van der Waals surface area contributed by atoms with Gasteiger partial charge in [-0.25, -0.2) is 14.0 Å². The van der Waals surface area contributed by atoms with Gasteiger partial charge < -0.3 is 10.0 Å². The summed E-state index contributed by atoms with van der Waals surface area (Å²) in [4.78, 5) is 24.3. The normalized spacial score (nSPS) is 10.2. The molecule has 2 amide bonds. The number of nitrogens with zero attached hydrogens (tertiary/aromatic N) is 1. The van der Waals surface area contributed by atoms with Crippen LogP contribution >= 0.6 is 11.3 Å². The number of carboxylic acids is 1. The number of hydrogen-bond donors (Lipinski definition) is 2. The zero-order valence-corrected chi connectivity index (χ0v) is 12.0. The maximum atomic E-state index is 13.5. The van der Waals surface area contributed by atoms with Crippen molar-refractivity contribution in [3.63, 3.8) is 0 Å². The second-order valence-corrected chi connectivity index (χ2v) is 5.26. The summed E-state index contributed by atoms with van der Waals surface area (Å²) in [5.74, 6) is -1.50. The topological polar surface area (TPSA) is 69.6 Å². The number of thiophene rings is 1. The first-order chi connectivity index (χ1) is 9.99. The van der Waals surface area contributed by atoms with Crippen LogP contribution in [0.15, 0.2) is 35.7 Å². The van der Waals surface area contributed by atoms with Crippen molar-refractivity contribution in [3.8, 4) is 0 Å². The van der Waals surface area contributed by atoms with Crippen molar-refractivity contribution in [1.29, 1.82) is 0 Å². The molecule has 0 radical (unpaired) electrons. The number of anilines is 1. The van der Waals surface area contributed by atoms with E-state index in [1.54, 1.807) is 23.6 Å². The van der Waals surface area contributed by atoms with Gasteiger partial charge in [0.15, 0.2) is 0 Å². The van der Waals surface area contributed by atoms with Gasteiger partial charge in [-0.15, -0.1) is 11.3 Å². The quantitative estimate of drug-likeness (QED) is 0.911. The van der Waals surface area contributed by atoms with Crippen LogP contribution in [0.4, 0.5) is 14.2 Å². The number of rotatable bonds is 4. The molecule has 0 atom stereocenters. The molecule has 0 bridgehead atoms. The molecular weight excluding hydrogens is 295 g/mol. The highest BCUT2D eigenvalue weighted by Gasteiger charge is 2.17. The molecule has 2 aromatic rings. The van der Waals surface area contributed by atoms with Gasteiger partial charge in [-0.3, -0.25) is 5.32 Å². The van der Waals surface area contributed by atoms with Crippen molar-refractivity contribution in [1.82, 2.24) is 4.90 Å². The van der Waals surface area contributed by atoms with E-state index in [4.69, 9.17) is 5.11 Å². The zero-order valence-electron chi connectivity index (χ0n) is 11.2. The average Bonchev–Trinajstić information content (AvgIpc) is 2.89. The van der Waals surface area contributed by atoms with Crippen LogP contribution in [-0.2, 0) is 6.54 Å². The van der Waals surface area contributed by atoms with Crippen LogP contribution in [0.25, 0.3) is 0 Å². The van der Waals surface area contributed by atoms with Crippen LogP contribution in [0, 0.1) is 5.82 Å². The Morgan fingerprint density at radius 2 is 2.05 bits per heavy atom. The standard InChI is InChI=1S/C14H13FN2O3S/c1-17(8-9-4-2-3-5-11(9)15)14(20)16-12-10(13(18)19)6-7-21-12/h2-7H,8H2,1H3,(H,16,20)(H,18,19). The van der Waals surface area contributed by atoms with E-state index >= 15 is 0 Å². The molecule has 110 valence electrons. The Kier molecular flexibility index (Phi) is 4.54. The molecule has 0 unspecified atom stereocenters. The van der Waals surface area contributed by atoms with Gasteiger partial charge in [0.1, 0.15) is 10.8 Å². The summed E-state index contributed by atoms with van der Waals surface area (Å²) in [6.07, 6.45) is 0. The monoisotopic (exact) mass is 308 g/mol. The number of carbonyl (C=O) groups is 2. The molecular formula is C14H13FN2O3S. The first kappa shape index (κ1) is 15.0. The number of nitrogens with one attached hydrogen (secondary N) is 1. The van der Waals surface area contributed by atoms with E-state index in [1.165, 1.54) is 24.1 Å². The van der Waals surface area contributed by atoms with Crippen molar-refractivity contribution in [3.05, 3.63) is 52.7 Å². The Balaban J connectivity index is 2.05. The zero-order chi connectivity index (χ0) is 15.4. The fourth-order valence-electron chi connectivity index (χ4n) is 1.72. The smallest absolute Gasteiger partial charge is 0.338 e. The number of aromatic carboxylic acids is 1. The molecule has 1 heterocycles. The third-order valence-corrected chi connectivity index (χ3v) is 3.66. The van der Waals surface area contributed by atoms with Gasteiger partial charge in [0, 0.05) is 19.2 Å². The maximum Gasteiger partial charge on any atom is 0.338 e. The number of hydrogen-bond acceptors (Lipinski definition) is 3. The van der Waals surface area contributed by atoms with E-state index in [-0.39, 0.29) is 22.9 Å². The summed E-state index contributed by atoms with van der Waals surface area (Å²) < 4.78 is 13.5. The summed E-state index contributed by atoms with van der Waals surface area (Å²) in [6.45, 7) is 0.0896. The summed E-state index contributed by atoms with van der Waals surface area (Å²) in [6, 6.07) is 7.09. The van der Waals surface area contributed by atoms with E-state index < -0.39 is 12.0 Å². The minimum Gasteiger partial charge on any atom is -0.478 e. The molecule has 0 saturated heterocycles. The predicted molar refractivity (Wildman–Crippen MR) is 78.2 cm³/mol. The van der Waals surface area contributed by atoms with Gasteiger partial charge in [-0.05, 0) is 17.5 Å². The SMILES string of the molecule is CN(Cc1ccccc1F)C(=O)Nc1sccc1C(=O)O. The fraction of sp³-hybridized carbons (Fsp3) is 0.143. The highest BCUT2D eigenvalue weighted by atomic mass is 32.1. The number of urea groups is 1. The lowest BCUT2D eigenvalue weighted by molar-refractivity contribution is 0.0698. The lowest BCUT2D eigenvalue weighted by Gasteiger charge is -2.18. The molecule has 0 aliphatic heterocycles. The molecule has 1 aromatic heterocycles. The maximum absolute atomic E-state index is 13.5. The summed E-state index contributed by atoms with van der Waals surface area (Å²) in [7, 11) is 1.51. The number of amides is 2. The summed E-state index contributed by atoms with van der Waals surface area (Å²) in [5.41, 5.74) is 0.424. The molecule has 7 heteroatoms. The minimum absolute atomic E-state index is 0.0349. The van der Waals surface area contributed by atoms with Crippen molar-refractivity contribution in [2.75, 3.05) is 12.4 Å². The van der Waals surface area contributed by atoms with Gasteiger partial charge in [-0.1, -0.05) is 18.2 Å². The molecule has 2 rings (SSSR count). The van der Waals surface area contributed by atoms with E-state index in [9.17, 15) is 14.0 Å². The van der Waals surface area contributed by atoms with Gasteiger partial charge in [-0.2, -0.15) is 0 Å². The second kappa shape index (κ2) is 6.36. The van der Waals surface area contributed by atoms with E-state index in [0.717, 1.165) is 11.3 Å². The van der Waals surface area contributed by atoms with Gasteiger partial charge in [0.05, 0.1) is 5.56 Å². The van der Waals surface area contributed by atoms with Crippen molar-refractivity contribution >= 4 is 28.3 Å². The third kappa shape index (κ3) is 3.57. The number of carbonyl (C=O) groups excluding carboxylic acids is 1. The first-order valence-electron chi connectivity index (χ1n) is 6.05. The Morgan fingerprint density at radius 1 is 1.33 bits per heavy atom. The first-order valence-corrected chi connectivity index (χ1v) is 6.93. The largest absolute Gasteiger partial charge is 0.478 e. The number of halogens is 1. The van der Waals surface area contributed by atoms with Gasteiger partial charge in [0.2, 0.25) is 0 Å². The predicted octanol–water partition coefficient (Wildman–Crippen LogP) is 3.25. The van der Waals surface area contributed by atoms with E-state index in [0.29, 0.717) is 5.56 Å². The van der Waals surface area contributed by atoms with Crippen LogP contribution in [-0.4, -0.2) is 29.1 Å². The van der Waals surface area contributed by atoms with Crippen LogP contribution < -0.4 is 5.32 Å². The number of benzene rings is 1. The highest BCUT2D eigenvalue weighted by Crippen LogP contribution is 2.23. The summed E-state index contributed by atoms with van der Waals surface area (Å²) in [5, 5.41) is 13.3. The van der Waals surface area contributed by atoms with Crippen molar-refractivity contribution in [2.24, 2.45) is 0 Å². The molecule has 1 aromatic carbocycles. The van der Waals surface area contributed by atoms with Crippen molar-refractivity contribution < 1.29 is 19.1 Å². The molecule has 2 N–H and O–H groups in total. The lowest BCUT2D eigenvalue weighted by atomic mass is 10.2.